The van der Waals surface area contributed by atoms with Gasteiger partial charge < -0.3 is 4.55 Å². The fourth-order valence-corrected chi connectivity index (χ4v) is 0. The molecule has 0 amide bonds. The molecule has 0 aliphatic rings. The molecule has 0 saturated heterocycles. The first-order chi connectivity index (χ1) is 1.73. The van der Waals surface area contributed by atoms with Crippen LogP contribution < -0.4 is 0 Å². The van der Waals surface area contributed by atoms with Crippen molar-refractivity contribution in [3.63, 3.8) is 0 Å². The lowest BCUT2D eigenvalue weighted by Crippen LogP contribution is -1.61. The van der Waals surface area contributed by atoms with E-state index in [2.05, 4.69) is 10.7 Å². The van der Waals surface area contributed by atoms with Crippen LogP contribution in [-0.4, -0.2) is 8.76 Å². The van der Waals surface area contributed by atoms with Gasteiger partial charge >= 0.3 is 0 Å². The molecule has 0 spiro atoms. The van der Waals surface area contributed by atoms with Crippen LogP contribution in [-0.2, 0) is 10.3 Å². The molecule has 34 valence electrons. The Hall–Kier alpha value is 0.690. The standard InChI is InChI=1S/ClHO2S.ClH/c1-4(2)3;/h(H,2,3);1H/p-1. The molecule has 0 saturated carbocycles. The van der Waals surface area contributed by atoms with Gasteiger partial charge in [-0.15, -0.1) is 12.4 Å². The number of halogens is 2. The summed E-state index contributed by atoms with van der Waals surface area (Å²) >= 11 is 0. The van der Waals surface area contributed by atoms with Crippen molar-refractivity contribution in [1.82, 2.24) is 0 Å². The summed E-state index contributed by atoms with van der Waals surface area (Å²) in [5.74, 6) is 0. The Morgan fingerprint density at radius 3 is 1.80 bits per heavy atom. The summed E-state index contributed by atoms with van der Waals surface area (Å²) in [7, 11) is 1.80. The van der Waals surface area contributed by atoms with Crippen LogP contribution in [0, 0.1) is 0 Å². The number of hydrogen-bond donors (Lipinski definition) is 0. The molecule has 0 N–H and O–H groups in total. The van der Waals surface area contributed by atoms with E-state index in [1.807, 2.05) is 0 Å². The minimum absolute atomic E-state index is 0. The van der Waals surface area contributed by atoms with E-state index in [4.69, 9.17) is 8.76 Å². The van der Waals surface area contributed by atoms with Crippen LogP contribution in [0.2, 0.25) is 0 Å². The Morgan fingerprint density at radius 2 is 1.80 bits per heavy atom. The van der Waals surface area contributed by atoms with Gasteiger partial charge in [-0.05, 0) is 10.7 Å². The highest BCUT2D eigenvalue weighted by atomic mass is 35.7. The van der Waals surface area contributed by atoms with Crippen LogP contribution in [0.25, 0.3) is 0 Å². The highest BCUT2D eigenvalue weighted by Crippen LogP contribution is 1.71. The van der Waals surface area contributed by atoms with Crippen molar-refractivity contribution in [1.29, 1.82) is 0 Å². The highest BCUT2D eigenvalue weighted by Gasteiger charge is 1.46. The van der Waals surface area contributed by atoms with E-state index in [0.29, 0.717) is 0 Å². The molecule has 0 aliphatic heterocycles. The zero-order valence-electron chi connectivity index (χ0n) is 2.01. The third-order valence-electron chi connectivity index (χ3n) is 0. The maximum Gasteiger partial charge on any atom is 0.0422 e. The Kier molecular flexibility index (Phi) is 8.62. The van der Waals surface area contributed by atoms with E-state index in [9.17, 15) is 0 Å². The average molecular weight is 136 g/mol. The molecule has 0 aromatic heterocycles. The van der Waals surface area contributed by atoms with Crippen LogP contribution in [0.15, 0.2) is 0 Å². The van der Waals surface area contributed by atoms with E-state index < -0.39 is 10.3 Å². The normalized spacial score (nSPS) is 12.4. The second-order valence-electron chi connectivity index (χ2n) is 0.194. The molecular weight excluding hydrogens is 135 g/mol. The van der Waals surface area contributed by atoms with E-state index in [1.54, 1.807) is 0 Å². The predicted octanol–water partition coefficient (Wildman–Crippen LogP) is 0.441. The van der Waals surface area contributed by atoms with E-state index in [0.717, 1.165) is 0 Å². The lowest BCUT2D eigenvalue weighted by atomic mass is 15.9. The van der Waals surface area contributed by atoms with Crippen molar-refractivity contribution in [3.05, 3.63) is 0 Å². The van der Waals surface area contributed by atoms with Crippen molar-refractivity contribution >= 4 is 33.4 Å². The van der Waals surface area contributed by atoms with Gasteiger partial charge in [0.15, 0.2) is 0 Å². The molecule has 2 nitrogen and oxygen atoms in total. The fourth-order valence-electron chi connectivity index (χ4n) is 0. The Balaban J connectivity index is 0. The molecule has 0 aliphatic carbocycles. The smallest absolute Gasteiger partial charge is 0.0422 e. The second kappa shape index (κ2) is 4.69. The zero-order chi connectivity index (χ0) is 3.58. The first-order valence-electron chi connectivity index (χ1n) is 0.488. The first kappa shape index (κ1) is 9.19. The monoisotopic (exact) mass is 135 g/mol. The van der Waals surface area contributed by atoms with E-state index in [-0.39, 0.29) is 12.4 Å². The van der Waals surface area contributed by atoms with Crippen molar-refractivity contribution in [2.24, 2.45) is 0 Å². The van der Waals surface area contributed by atoms with Crippen molar-refractivity contribution in [2.75, 3.05) is 0 Å². The van der Waals surface area contributed by atoms with Gasteiger partial charge in [0, 0.05) is 10.3 Å². The Labute approximate surface area is 42.7 Å². The van der Waals surface area contributed by atoms with Gasteiger partial charge in [-0.25, -0.2) is 0 Å². The maximum absolute atomic E-state index is 8.77. The van der Waals surface area contributed by atoms with Gasteiger partial charge in [0.05, 0.1) is 0 Å². The largest absolute Gasteiger partial charge is 0.760 e. The highest BCUT2D eigenvalue weighted by molar-refractivity contribution is 8.03. The Morgan fingerprint density at radius 1 is 1.80 bits per heavy atom. The molecule has 5 heteroatoms. The lowest BCUT2D eigenvalue weighted by molar-refractivity contribution is 0.552. The maximum atomic E-state index is 8.77. The van der Waals surface area contributed by atoms with Crippen molar-refractivity contribution in [3.8, 4) is 0 Å². The molecule has 0 radical (unpaired) electrons. The third kappa shape index (κ3) is 71.3. The van der Waals surface area contributed by atoms with E-state index >= 15 is 0 Å². The minimum atomic E-state index is -2.39. The van der Waals surface area contributed by atoms with Gasteiger partial charge in [0.25, 0.3) is 0 Å². The predicted molar refractivity (Wildman–Crippen MR) is 22.0 cm³/mol. The molecule has 0 rings (SSSR count). The first-order valence-corrected chi connectivity index (χ1v) is 2.39. The van der Waals surface area contributed by atoms with Gasteiger partial charge in [0.1, 0.15) is 0 Å². The average Bonchev–Trinajstić information content (AvgIpc) is 0.811. The van der Waals surface area contributed by atoms with Crippen LogP contribution >= 0.6 is 23.1 Å². The van der Waals surface area contributed by atoms with Crippen LogP contribution in [0.4, 0.5) is 0 Å². The molecule has 0 bridgehead atoms. The number of hydrogen-bond acceptors (Lipinski definition) is 2. The summed E-state index contributed by atoms with van der Waals surface area (Å²) in [4.78, 5) is 0. The zero-order valence-corrected chi connectivity index (χ0v) is 4.40. The molecule has 0 aromatic rings. The van der Waals surface area contributed by atoms with Gasteiger partial charge in [-0.2, -0.15) is 0 Å². The van der Waals surface area contributed by atoms with Gasteiger partial charge in [-0.3, -0.25) is 4.21 Å². The molecule has 1 unspecified atom stereocenters. The summed E-state index contributed by atoms with van der Waals surface area (Å²) in [6, 6.07) is 0. The van der Waals surface area contributed by atoms with Crippen LogP contribution in [0.1, 0.15) is 0 Å². The fraction of sp³-hybridized carbons (Fsp3) is 0. The quantitative estimate of drug-likeness (QED) is 0.358. The minimum Gasteiger partial charge on any atom is -0.760 e. The van der Waals surface area contributed by atoms with Crippen LogP contribution in [0.3, 0.4) is 0 Å². The molecule has 0 heterocycles. The summed E-state index contributed by atoms with van der Waals surface area (Å²) in [5.41, 5.74) is 0. The lowest BCUT2D eigenvalue weighted by Gasteiger charge is -1.80. The Bertz CT molecular complexity index is 30.6. The van der Waals surface area contributed by atoms with E-state index in [1.165, 1.54) is 0 Å². The molecule has 1 atom stereocenters. The van der Waals surface area contributed by atoms with Gasteiger partial charge in [0.2, 0.25) is 0 Å². The number of rotatable bonds is 0. The van der Waals surface area contributed by atoms with Crippen molar-refractivity contribution < 1.29 is 8.76 Å². The van der Waals surface area contributed by atoms with Gasteiger partial charge in [-0.1, -0.05) is 0 Å². The molecule has 0 fully saturated rings. The summed E-state index contributed by atoms with van der Waals surface area (Å²) in [5, 5.41) is 0. The third-order valence-corrected chi connectivity index (χ3v) is 0. The molecule has 5 heavy (non-hydrogen) atoms. The SMILES string of the molecule is Cl.O=S([O-])Cl. The van der Waals surface area contributed by atoms with Crippen LogP contribution in [0.5, 0.6) is 0 Å². The summed E-state index contributed by atoms with van der Waals surface area (Å²) < 4.78 is 17.5. The molecular formula is HCl2O2S-. The molecule has 0 aromatic carbocycles. The second-order valence-corrected chi connectivity index (χ2v) is 1.34. The van der Waals surface area contributed by atoms with Crippen molar-refractivity contribution in [2.45, 2.75) is 0 Å². The summed E-state index contributed by atoms with van der Waals surface area (Å²) in [6.45, 7) is 0. The topological polar surface area (TPSA) is 40.1 Å². The summed E-state index contributed by atoms with van der Waals surface area (Å²) in [6.07, 6.45) is 0.